The normalized spacial score (nSPS) is 14.7. The van der Waals surface area contributed by atoms with E-state index in [4.69, 9.17) is 9.26 Å². The highest BCUT2D eigenvalue weighted by molar-refractivity contribution is 6.07. The molecule has 0 bridgehead atoms. The number of hydrogen-bond donors (Lipinski definition) is 1. The van der Waals surface area contributed by atoms with Gasteiger partial charge in [-0.25, -0.2) is 4.39 Å². The van der Waals surface area contributed by atoms with Crippen molar-refractivity contribution in [2.45, 2.75) is 12.6 Å². The summed E-state index contributed by atoms with van der Waals surface area (Å²) in [5.41, 5.74) is 2.15. The number of nitrogens with one attached hydrogen (secondary N) is 1. The molecule has 1 aromatic heterocycles. The average Bonchev–Trinajstić information content (AvgIpc) is 3.37. The van der Waals surface area contributed by atoms with Crippen molar-refractivity contribution in [1.29, 1.82) is 0 Å². The molecule has 0 saturated carbocycles. The van der Waals surface area contributed by atoms with Gasteiger partial charge in [-0.1, -0.05) is 47.6 Å². The van der Waals surface area contributed by atoms with Crippen LogP contribution in [-0.2, 0) is 11.3 Å². The number of para-hydroxylation sites is 2. The molecule has 0 aliphatic carbocycles. The van der Waals surface area contributed by atoms with Crippen LogP contribution < -0.4 is 15.0 Å². The summed E-state index contributed by atoms with van der Waals surface area (Å²) in [6, 6.07) is 23.7. The number of hydrogen-bond acceptors (Lipinski definition) is 5. The summed E-state index contributed by atoms with van der Waals surface area (Å²) in [4.78, 5) is 27.7. The lowest BCUT2D eigenvalue weighted by molar-refractivity contribution is -0.127. The summed E-state index contributed by atoms with van der Waals surface area (Å²) >= 11 is 0. The van der Waals surface area contributed by atoms with Gasteiger partial charge in [0.1, 0.15) is 11.6 Å². The van der Waals surface area contributed by atoms with Crippen LogP contribution in [0.25, 0.3) is 11.3 Å². The first-order valence-electron chi connectivity index (χ1n) is 10.7. The second-order valence-electron chi connectivity index (χ2n) is 7.78. The van der Waals surface area contributed by atoms with E-state index in [1.165, 1.54) is 23.1 Å². The summed E-state index contributed by atoms with van der Waals surface area (Å²) in [6.45, 7) is 0.356. The second kappa shape index (κ2) is 9.19. The Morgan fingerprint density at radius 1 is 1.00 bits per heavy atom. The molecule has 0 saturated heterocycles. The molecule has 2 amide bonds. The highest BCUT2D eigenvalue weighted by Gasteiger charge is 2.35. The Bertz CT molecular complexity index is 1320. The van der Waals surface area contributed by atoms with Gasteiger partial charge in [-0.05, 0) is 42.0 Å². The zero-order valence-corrected chi connectivity index (χ0v) is 18.0. The summed E-state index contributed by atoms with van der Waals surface area (Å²) < 4.78 is 24.4. The fourth-order valence-corrected chi connectivity index (χ4v) is 3.73. The maximum atomic E-state index is 13.4. The number of ether oxygens (including phenoxy) is 1. The zero-order chi connectivity index (χ0) is 23.5. The Morgan fingerprint density at radius 3 is 2.53 bits per heavy atom. The Kier molecular flexibility index (Phi) is 5.78. The largest absolute Gasteiger partial charge is 0.477 e. The Labute approximate surface area is 194 Å². The molecular formula is C26H20FN3O4. The number of carbonyl (C=O) groups is 2. The van der Waals surface area contributed by atoms with Crippen LogP contribution >= 0.6 is 0 Å². The molecular weight excluding hydrogens is 437 g/mol. The molecule has 8 heteroatoms. The van der Waals surface area contributed by atoms with E-state index in [9.17, 15) is 14.0 Å². The van der Waals surface area contributed by atoms with E-state index >= 15 is 0 Å². The van der Waals surface area contributed by atoms with E-state index in [0.717, 1.165) is 5.56 Å². The maximum Gasteiger partial charge on any atom is 0.280 e. The molecule has 2 heterocycles. The molecule has 1 aliphatic rings. The third-order valence-corrected chi connectivity index (χ3v) is 5.48. The average molecular weight is 457 g/mol. The fourth-order valence-electron chi connectivity index (χ4n) is 3.73. The number of amides is 2. The third-order valence-electron chi connectivity index (χ3n) is 5.48. The highest BCUT2D eigenvalue weighted by Crippen LogP contribution is 2.34. The van der Waals surface area contributed by atoms with Crippen LogP contribution in [0, 0.1) is 5.82 Å². The first-order valence-corrected chi connectivity index (χ1v) is 10.7. The number of halogens is 1. The number of fused-ring (bicyclic) bond motifs is 1. The van der Waals surface area contributed by atoms with Crippen LogP contribution in [0.4, 0.5) is 10.1 Å². The quantitative estimate of drug-likeness (QED) is 0.486. The van der Waals surface area contributed by atoms with Gasteiger partial charge in [0.2, 0.25) is 0 Å². The van der Waals surface area contributed by atoms with Crippen molar-refractivity contribution in [3.8, 4) is 17.1 Å². The second-order valence-corrected chi connectivity index (χ2v) is 7.78. The van der Waals surface area contributed by atoms with Crippen LogP contribution in [0.15, 0.2) is 89.5 Å². The monoisotopic (exact) mass is 457 g/mol. The summed E-state index contributed by atoms with van der Waals surface area (Å²) in [5.74, 6) is -0.385. The lowest BCUT2D eigenvalue weighted by Gasteiger charge is -2.33. The van der Waals surface area contributed by atoms with E-state index in [-0.39, 0.29) is 24.0 Å². The minimum atomic E-state index is -0.897. The van der Waals surface area contributed by atoms with Gasteiger partial charge in [0.25, 0.3) is 11.8 Å². The van der Waals surface area contributed by atoms with Gasteiger partial charge < -0.3 is 14.6 Å². The number of nitrogens with zero attached hydrogens (tertiary/aromatic N) is 2. The van der Waals surface area contributed by atoms with E-state index in [1.807, 2.05) is 30.3 Å². The molecule has 0 radical (unpaired) electrons. The lowest BCUT2D eigenvalue weighted by Crippen LogP contribution is -2.50. The zero-order valence-electron chi connectivity index (χ0n) is 18.0. The van der Waals surface area contributed by atoms with Crippen LogP contribution in [0.2, 0.25) is 0 Å². The molecule has 1 N–H and O–H groups in total. The number of carbonyl (C=O) groups excluding carboxylic acids is 2. The molecule has 0 spiro atoms. The first-order chi connectivity index (χ1) is 16.6. The molecule has 7 nitrogen and oxygen atoms in total. The van der Waals surface area contributed by atoms with E-state index < -0.39 is 12.0 Å². The van der Waals surface area contributed by atoms with Crippen LogP contribution in [0.3, 0.4) is 0 Å². The number of benzene rings is 3. The predicted molar refractivity (Wildman–Crippen MR) is 123 cm³/mol. The van der Waals surface area contributed by atoms with Gasteiger partial charge in [-0.2, -0.15) is 0 Å². The van der Waals surface area contributed by atoms with Crippen molar-refractivity contribution in [2.24, 2.45) is 0 Å². The van der Waals surface area contributed by atoms with Gasteiger partial charge in [0.05, 0.1) is 12.2 Å². The van der Waals surface area contributed by atoms with Gasteiger partial charge in [0.15, 0.2) is 17.6 Å². The molecule has 3 aromatic carbocycles. The Balaban J connectivity index is 1.36. The van der Waals surface area contributed by atoms with Gasteiger partial charge in [-0.15, -0.1) is 0 Å². The van der Waals surface area contributed by atoms with Crippen molar-refractivity contribution in [1.82, 2.24) is 10.5 Å². The lowest BCUT2D eigenvalue weighted by atomic mass is 10.1. The van der Waals surface area contributed by atoms with E-state index in [1.54, 1.807) is 36.4 Å². The molecule has 1 atom stereocenters. The maximum absolute atomic E-state index is 13.4. The predicted octanol–water partition coefficient (Wildman–Crippen LogP) is 4.20. The molecule has 1 aliphatic heterocycles. The molecule has 0 unspecified atom stereocenters. The van der Waals surface area contributed by atoms with E-state index in [2.05, 4.69) is 10.5 Å². The van der Waals surface area contributed by atoms with Crippen LogP contribution in [0.5, 0.6) is 5.75 Å². The molecule has 170 valence electrons. The van der Waals surface area contributed by atoms with Crippen molar-refractivity contribution >= 4 is 17.5 Å². The molecule has 0 fully saturated rings. The summed E-state index contributed by atoms with van der Waals surface area (Å²) in [5, 5.41) is 6.77. The SMILES string of the molecule is O=C(NCc1ccccc1)[C@@H]1CN(C(=O)c2cc(-c3ccc(F)cc3)on2)c2ccccc2O1. The fraction of sp³-hybridized carbons (Fsp3) is 0.115. The highest BCUT2D eigenvalue weighted by atomic mass is 19.1. The standard InChI is InChI=1S/C26H20FN3O4/c27-19-12-10-18(11-13-19)23-14-20(29-34-23)26(32)30-16-24(33-22-9-5-4-8-21(22)30)25(31)28-15-17-6-2-1-3-7-17/h1-14,24H,15-16H2,(H,28,31)/t24-/m0/s1. The third kappa shape index (κ3) is 4.38. The van der Waals surface area contributed by atoms with Crippen LogP contribution in [0.1, 0.15) is 16.1 Å². The topological polar surface area (TPSA) is 84.7 Å². The number of anilines is 1. The summed E-state index contributed by atoms with van der Waals surface area (Å²) in [7, 11) is 0. The Hall–Kier alpha value is -4.46. The Morgan fingerprint density at radius 2 is 1.74 bits per heavy atom. The smallest absolute Gasteiger partial charge is 0.280 e. The van der Waals surface area contributed by atoms with E-state index in [0.29, 0.717) is 29.3 Å². The number of aromatic nitrogens is 1. The van der Waals surface area contributed by atoms with Gasteiger partial charge in [-0.3, -0.25) is 14.5 Å². The van der Waals surface area contributed by atoms with Gasteiger partial charge >= 0.3 is 0 Å². The minimum Gasteiger partial charge on any atom is -0.477 e. The first kappa shape index (κ1) is 21.4. The van der Waals surface area contributed by atoms with Crippen LogP contribution in [-0.4, -0.2) is 29.6 Å². The number of rotatable bonds is 5. The minimum absolute atomic E-state index is 0.00914. The molecule has 34 heavy (non-hydrogen) atoms. The van der Waals surface area contributed by atoms with Crippen molar-refractivity contribution in [2.75, 3.05) is 11.4 Å². The van der Waals surface area contributed by atoms with Crippen molar-refractivity contribution < 1.29 is 23.2 Å². The van der Waals surface area contributed by atoms with Crippen molar-refractivity contribution in [3.05, 3.63) is 102 Å². The summed E-state index contributed by atoms with van der Waals surface area (Å²) in [6.07, 6.45) is -0.897. The van der Waals surface area contributed by atoms with Crippen molar-refractivity contribution in [3.63, 3.8) is 0 Å². The van der Waals surface area contributed by atoms with Gasteiger partial charge in [0, 0.05) is 18.2 Å². The molecule has 5 rings (SSSR count). The molecule has 4 aromatic rings.